The van der Waals surface area contributed by atoms with E-state index < -0.39 is 22.5 Å². The number of carbonyl (C=O) groups excluding carboxylic acids is 1. The normalized spacial score (nSPS) is 12.8. The summed E-state index contributed by atoms with van der Waals surface area (Å²) in [4.78, 5) is 28.9. The third-order valence-corrected chi connectivity index (χ3v) is 6.51. The van der Waals surface area contributed by atoms with Crippen molar-refractivity contribution >= 4 is 57.1 Å². The quantitative estimate of drug-likeness (QED) is 0.170. The number of carbonyl (C=O) groups is 1. The summed E-state index contributed by atoms with van der Waals surface area (Å²) in [6, 6.07) is 8.83. The average Bonchev–Trinajstić information content (AvgIpc) is 3.57. The Bertz CT molecular complexity index is 1520. The lowest BCUT2D eigenvalue weighted by atomic mass is 10.1. The van der Waals surface area contributed by atoms with E-state index in [9.17, 15) is 9.00 Å². The predicted molar refractivity (Wildman–Crippen MR) is 160 cm³/mol. The van der Waals surface area contributed by atoms with Crippen LogP contribution in [0.1, 0.15) is 44.9 Å². The van der Waals surface area contributed by atoms with Crippen LogP contribution in [0, 0.1) is 11.8 Å². The molecule has 10 nitrogen and oxygen atoms in total. The van der Waals surface area contributed by atoms with E-state index in [2.05, 4.69) is 60.2 Å². The molecule has 0 aliphatic carbocycles. The van der Waals surface area contributed by atoms with Gasteiger partial charge in [0.05, 0.1) is 11.7 Å². The highest BCUT2D eigenvalue weighted by atomic mass is 33.1. The van der Waals surface area contributed by atoms with Crippen molar-refractivity contribution in [1.29, 1.82) is 0 Å². The summed E-state index contributed by atoms with van der Waals surface area (Å²) in [7, 11) is -0.423. The summed E-state index contributed by atoms with van der Waals surface area (Å²) in [5.41, 5.74) is 7.47. The van der Waals surface area contributed by atoms with Crippen molar-refractivity contribution in [2.75, 3.05) is 17.2 Å². The smallest absolute Gasteiger partial charge is 0.435 e. The first-order valence-corrected chi connectivity index (χ1v) is 15.0. The number of nitrogens with two attached hydrogens (primary N) is 1. The maximum atomic E-state index is 12.3. The number of ether oxygens (including phenoxy) is 1. The van der Waals surface area contributed by atoms with E-state index in [0.717, 1.165) is 22.5 Å². The van der Waals surface area contributed by atoms with E-state index >= 15 is 0 Å². The summed E-state index contributed by atoms with van der Waals surface area (Å²) in [6.07, 6.45) is 6.61. The molecule has 1 aliphatic heterocycles. The molecular formula is C26H29N7O3S3. The number of rotatable bonds is 1. The largest absolute Gasteiger partial charge is 0.442 e. The third kappa shape index (κ3) is 9.05. The molecule has 5 rings (SSSR count). The second kappa shape index (κ2) is 14.1. The minimum absolute atomic E-state index is 0.151. The highest BCUT2D eigenvalue weighted by Crippen LogP contribution is 2.18. The molecule has 0 amide bonds. The second-order valence-corrected chi connectivity index (χ2v) is 10.9. The van der Waals surface area contributed by atoms with E-state index in [1.807, 2.05) is 32.9 Å². The first kappa shape index (κ1) is 30.1. The Balaban J connectivity index is 0.000000457. The topological polar surface area (TPSA) is 139 Å². The van der Waals surface area contributed by atoms with Crippen molar-refractivity contribution in [2.24, 2.45) is 0 Å². The van der Waals surface area contributed by atoms with E-state index in [1.165, 1.54) is 17.5 Å². The van der Waals surface area contributed by atoms with Crippen LogP contribution in [0.5, 0.6) is 0 Å². The van der Waals surface area contributed by atoms with E-state index in [1.54, 1.807) is 36.8 Å². The van der Waals surface area contributed by atoms with Crippen LogP contribution in [0.3, 0.4) is 0 Å². The SMILES string of the molecule is CC(C)(C)OC(=O)n1ncc2cc(C#Cc3ccnc(-c4ccnc(N)n4)n3)ccc21.O=S1CCCC1.SS. The molecule has 39 heavy (non-hydrogen) atoms. The zero-order chi connectivity index (χ0) is 28.4. The predicted octanol–water partition coefficient (Wildman–Crippen LogP) is 4.34. The Morgan fingerprint density at radius 2 is 1.77 bits per heavy atom. The number of hydrogen-bond acceptors (Lipinski definition) is 11. The van der Waals surface area contributed by atoms with Crippen LogP contribution in [-0.4, -0.2) is 57.1 Å². The first-order valence-electron chi connectivity index (χ1n) is 11.9. The molecule has 0 radical (unpaired) electrons. The highest BCUT2D eigenvalue weighted by Gasteiger charge is 2.20. The number of anilines is 1. The molecule has 2 N–H and O–H groups in total. The van der Waals surface area contributed by atoms with Gasteiger partial charge in [0.15, 0.2) is 5.82 Å². The third-order valence-electron chi connectivity index (χ3n) is 5.02. The molecule has 1 aliphatic rings. The maximum absolute atomic E-state index is 12.3. The van der Waals surface area contributed by atoms with Crippen molar-refractivity contribution < 1.29 is 13.7 Å². The van der Waals surface area contributed by atoms with Gasteiger partial charge in [-0.1, -0.05) is 5.92 Å². The fourth-order valence-corrected chi connectivity index (χ4v) is 4.63. The van der Waals surface area contributed by atoms with Gasteiger partial charge in [-0.25, -0.2) is 24.7 Å². The van der Waals surface area contributed by atoms with E-state index in [4.69, 9.17) is 10.5 Å². The average molecular weight is 584 g/mol. The number of thiol groups is 2. The minimum atomic E-state index is -0.603. The van der Waals surface area contributed by atoms with Gasteiger partial charge in [-0.05, 0) is 69.9 Å². The van der Waals surface area contributed by atoms with Crippen LogP contribution in [0.25, 0.3) is 22.4 Å². The Hall–Kier alpha value is -3.47. The van der Waals surface area contributed by atoms with Gasteiger partial charge in [0, 0.05) is 45.6 Å². The number of fused-ring (bicyclic) bond motifs is 1. The lowest BCUT2D eigenvalue weighted by Gasteiger charge is -2.19. The summed E-state index contributed by atoms with van der Waals surface area (Å²) in [6.45, 7) is 5.42. The lowest BCUT2D eigenvalue weighted by molar-refractivity contribution is 0.0522. The Labute approximate surface area is 239 Å². The van der Waals surface area contributed by atoms with Gasteiger partial charge in [-0.2, -0.15) is 9.78 Å². The van der Waals surface area contributed by atoms with E-state index in [0.29, 0.717) is 22.7 Å². The summed E-state index contributed by atoms with van der Waals surface area (Å²) in [5.74, 6) is 8.56. The molecule has 0 bridgehead atoms. The van der Waals surface area contributed by atoms with Crippen molar-refractivity contribution in [3.8, 4) is 23.4 Å². The van der Waals surface area contributed by atoms with E-state index in [-0.39, 0.29) is 5.95 Å². The molecule has 204 valence electrons. The number of aromatic nitrogens is 6. The van der Waals surface area contributed by atoms with Crippen LogP contribution in [-0.2, 0) is 15.5 Å². The number of nitrogen functional groups attached to an aromatic ring is 1. The fourth-order valence-electron chi connectivity index (χ4n) is 3.38. The zero-order valence-corrected chi connectivity index (χ0v) is 24.3. The maximum Gasteiger partial charge on any atom is 0.435 e. The Kier molecular flexibility index (Phi) is 10.8. The molecule has 0 spiro atoms. The molecule has 1 aromatic carbocycles. The van der Waals surface area contributed by atoms with Gasteiger partial charge in [0.1, 0.15) is 17.0 Å². The van der Waals surface area contributed by atoms with Crippen LogP contribution in [0.2, 0.25) is 0 Å². The van der Waals surface area contributed by atoms with Crippen LogP contribution < -0.4 is 5.73 Å². The second-order valence-electron chi connectivity index (χ2n) is 9.18. The molecule has 0 atom stereocenters. The minimum Gasteiger partial charge on any atom is -0.442 e. The summed E-state index contributed by atoms with van der Waals surface area (Å²) >= 11 is 6.44. The van der Waals surface area contributed by atoms with Gasteiger partial charge < -0.3 is 10.5 Å². The molecule has 4 aromatic rings. The highest BCUT2D eigenvalue weighted by molar-refractivity contribution is 8.59. The molecule has 3 aromatic heterocycles. The number of benzene rings is 1. The molecule has 0 saturated carbocycles. The number of nitrogens with zero attached hydrogens (tertiary/aromatic N) is 6. The van der Waals surface area contributed by atoms with Gasteiger partial charge in [-0.3, -0.25) is 4.21 Å². The molecular weight excluding hydrogens is 555 g/mol. The summed E-state index contributed by atoms with van der Waals surface area (Å²) < 4.78 is 17.0. The zero-order valence-electron chi connectivity index (χ0n) is 21.7. The van der Waals surface area contributed by atoms with Gasteiger partial charge in [0.2, 0.25) is 5.95 Å². The van der Waals surface area contributed by atoms with Gasteiger partial charge in [-0.15, -0.1) is 23.3 Å². The molecule has 13 heteroatoms. The first-order chi connectivity index (χ1) is 18.7. The Morgan fingerprint density at radius 1 is 1.05 bits per heavy atom. The van der Waals surface area contributed by atoms with Crippen molar-refractivity contribution in [3.63, 3.8) is 0 Å². The molecule has 4 heterocycles. The monoisotopic (exact) mass is 583 g/mol. The summed E-state index contributed by atoms with van der Waals surface area (Å²) in [5, 5.41) is 4.92. The lowest BCUT2D eigenvalue weighted by Crippen LogP contribution is -2.27. The van der Waals surface area contributed by atoms with Crippen molar-refractivity contribution in [2.45, 2.75) is 39.2 Å². The van der Waals surface area contributed by atoms with Crippen LogP contribution in [0.15, 0.2) is 48.9 Å². The van der Waals surface area contributed by atoms with Crippen LogP contribution in [0.4, 0.5) is 10.7 Å². The number of hydrogen-bond donors (Lipinski definition) is 3. The molecule has 1 saturated heterocycles. The standard InChI is InChI=1S/C22H19N7O2.C4H8OS.H2S2/c1-22(2,3)31-21(30)29-18-7-5-14(12-15(18)13-26-29)4-6-16-8-10-24-19(27-16)17-9-11-25-20(23)28-17;5-6-3-1-2-4-6;1-2/h5,7-13H,1-3H3,(H2,23,25,28);1-4H2;1-2H. The van der Waals surface area contributed by atoms with Gasteiger partial charge in [0.25, 0.3) is 0 Å². The van der Waals surface area contributed by atoms with Crippen molar-refractivity contribution in [3.05, 3.63) is 60.2 Å². The Morgan fingerprint density at radius 3 is 2.41 bits per heavy atom. The fraction of sp³-hybridized carbons (Fsp3) is 0.308. The van der Waals surface area contributed by atoms with Crippen molar-refractivity contribution in [1.82, 2.24) is 29.7 Å². The molecule has 1 fully saturated rings. The molecule has 0 unspecified atom stereocenters. The van der Waals surface area contributed by atoms with Gasteiger partial charge >= 0.3 is 6.09 Å². The van der Waals surface area contributed by atoms with Crippen LogP contribution >= 0.6 is 23.3 Å².